The summed E-state index contributed by atoms with van der Waals surface area (Å²) in [5.41, 5.74) is 0.802. The summed E-state index contributed by atoms with van der Waals surface area (Å²) in [5, 5.41) is 5.56. The van der Waals surface area contributed by atoms with E-state index in [1.54, 1.807) is 24.3 Å². The lowest BCUT2D eigenvalue weighted by Gasteiger charge is -2.18. The van der Waals surface area contributed by atoms with E-state index < -0.39 is 22.5 Å². The molecule has 0 spiro atoms. The molecule has 2 aromatic carbocycles. The van der Waals surface area contributed by atoms with Crippen LogP contribution in [0.2, 0.25) is 10.0 Å². The molecule has 0 aliphatic rings. The molecule has 2 aromatic rings. The molecule has 2 rings (SSSR count). The highest BCUT2D eigenvalue weighted by atomic mass is 35.5. The first-order valence-corrected chi connectivity index (χ1v) is 10.9. The zero-order chi connectivity index (χ0) is 21.6. The van der Waals surface area contributed by atoms with Crippen LogP contribution in [-0.2, 0) is 19.6 Å². The summed E-state index contributed by atoms with van der Waals surface area (Å²) in [7, 11) is -2.76. The monoisotopic (exact) mass is 457 g/mol. The molecule has 0 atom stereocenters. The van der Waals surface area contributed by atoms with E-state index in [2.05, 4.69) is 10.6 Å². The predicted octanol–water partition coefficient (Wildman–Crippen LogP) is 3.99. The van der Waals surface area contributed by atoms with Crippen LogP contribution >= 0.6 is 23.2 Å². The van der Waals surface area contributed by atoms with E-state index in [-0.39, 0.29) is 20.8 Å². The van der Waals surface area contributed by atoms with Gasteiger partial charge in [-0.3, -0.25) is 9.59 Å². The number of rotatable bonds is 8. The van der Waals surface area contributed by atoms with Gasteiger partial charge in [0.1, 0.15) is 4.90 Å². The van der Waals surface area contributed by atoms with Crippen molar-refractivity contribution >= 4 is 56.4 Å². The number of hydrogen-bond acceptors (Lipinski definition) is 4. The van der Waals surface area contributed by atoms with Crippen molar-refractivity contribution in [2.45, 2.75) is 24.7 Å². The highest BCUT2D eigenvalue weighted by molar-refractivity contribution is 7.89. The van der Waals surface area contributed by atoms with Crippen LogP contribution in [0.5, 0.6) is 0 Å². The molecule has 10 heteroatoms. The van der Waals surface area contributed by atoms with Gasteiger partial charge >= 0.3 is 0 Å². The first-order chi connectivity index (χ1) is 13.6. The zero-order valence-corrected chi connectivity index (χ0v) is 18.2. The molecule has 29 heavy (non-hydrogen) atoms. The van der Waals surface area contributed by atoms with E-state index in [0.717, 1.165) is 4.31 Å². The number of amides is 2. The van der Waals surface area contributed by atoms with Gasteiger partial charge in [-0.2, -0.15) is 4.31 Å². The van der Waals surface area contributed by atoms with E-state index in [0.29, 0.717) is 24.2 Å². The molecule has 0 aromatic heterocycles. The Balaban J connectivity index is 2.13. The van der Waals surface area contributed by atoms with Crippen molar-refractivity contribution in [3.8, 4) is 0 Å². The smallest absolute Gasteiger partial charge is 0.244 e. The molecule has 7 nitrogen and oxygen atoms in total. The van der Waals surface area contributed by atoms with E-state index in [4.69, 9.17) is 23.2 Å². The molecule has 0 aliphatic carbocycles. The normalized spacial score (nSPS) is 11.3. The summed E-state index contributed by atoms with van der Waals surface area (Å²) in [5.74, 6) is -0.754. The molecule has 0 saturated heterocycles. The Morgan fingerprint density at radius 3 is 2.17 bits per heavy atom. The first-order valence-electron chi connectivity index (χ1n) is 8.75. The number of carbonyl (C=O) groups excluding carboxylic acids is 2. The van der Waals surface area contributed by atoms with Gasteiger partial charge in [0.25, 0.3) is 0 Å². The molecule has 2 amide bonds. The number of sulfonamides is 1. The van der Waals surface area contributed by atoms with Gasteiger partial charge < -0.3 is 10.6 Å². The van der Waals surface area contributed by atoms with Gasteiger partial charge in [-0.1, -0.05) is 42.3 Å². The van der Waals surface area contributed by atoms with Crippen molar-refractivity contribution in [3.05, 3.63) is 52.5 Å². The fraction of sp³-hybridized carbons (Fsp3) is 0.263. The minimum Gasteiger partial charge on any atom is -0.324 e. The average Bonchev–Trinajstić information content (AvgIpc) is 2.65. The Kier molecular flexibility index (Phi) is 8.04. The third-order valence-corrected chi connectivity index (χ3v) is 6.42. The van der Waals surface area contributed by atoms with Gasteiger partial charge in [-0.25, -0.2) is 8.42 Å². The Labute approximate surface area is 180 Å². The lowest BCUT2D eigenvalue weighted by atomic mass is 10.2. The van der Waals surface area contributed by atoms with Crippen LogP contribution in [0.3, 0.4) is 0 Å². The molecule has 0 unspecified atom stereocenters. The second kappa shape index (κ2) is 10.1. The highest BCUT2D eigenvalue weighted by Gasteiger charge is 2.26. The van der Waals surface area contributed by atoms with Crippen LogP contribution in [-0.4, -0.2) is 38.1 Å². The summed E-state index contributed by atoms with van der Waals surface area (Å²) in [6, 6.07) is 10.7. The van der Waals surface area contributed by atoms with E-state index in [1.807, 2.05) is 6.92 Å². The number of likely N-dealkylation sites (N-methyl/N-ethyl adjacent to an activating group) is 1. The summed E-state index contributed by atoms with van der Waals surface area (Å²) in [6.07, 6.45) is 1.04. The number of benzene rings is 2. The first kappa shape index (κ1) is 23.2. The largest absolute Gasteiger partial charge is 0.324 e. The summed E-state index contributed by atoms with van der Waals surface area (Å²) < 4.78 is 26.3. The van der Waals surface area contributed by atoms with Gasteiger partial charge in [-0.15, -0.1) is 0 Å². The highest BCUT2D eigenvalue weighted by Crippen LogP contribution is 2.27. The fourth-order valence-corrected chi connectivity index (χ4v) is 4.32. The van der Waals surface area contributed by atoms with Gasteiger partial charge in [0.05, 0.1) is 22.9 Å². The SMILES string of the molecule is CCCC(=O)Nc1ccccc1NC(=O)CN(C)S(=O)(=O)c1cc(Cl)ccc1Cl. The number of carbonyl (C=O) groups is 2. The third kappa shape index (κ3) is 6.17. The van der Waals surface area contributed by atoms with Crippen LogP contribution in [0.25, 0.3) is 0 Å². The number of nitrogens with one attached hydrogen (secondary N) is 2. The van der Waals surface area contributed by atoms with Crippen LogP contribution in [0, 0.1) is 0 Å². The fourth-order valence-electron chi connectivity index (χ4n) is 2.46. The maximum absolute atomic E-state index is 12.7. The summed E-state index contributed by atoms with van der Waals surface area (Å²) in [6.45, 7) is 1.43. The third-order valence-electron chi connectivity index (χ3n) is 3.90. The molecule has 0 aliphatic heterocycles. The van der Waals surface area contributed by atoms with Crippen molar-refractivity contribution < 1.29 is 18.0 Å². The standard InChI is InChI=1S/C19H21Cl2N3O4S/c1-3-6-18(25)22-15-7-4-5-8-16(15)23-19(26)12-24(2)29(27,28)17-11-13(20)9-10-14(17)21/h4-5,7-11H,3,6,12H2,1-2H3,(H,22,25)(H,23,26). The van der Waals surface area contributed by atoms with Gasteiger partial charge in [-0.05, 0) is 36.8 Å². The summed E-state index contributed by atoms with van der Waals surface area (Å²) in [4.78, 5) is 24.1. The van der Waals surface area contributed by atoms with Crippen LogP contribution in [0.1, 0.15) is 19.8 Å². The lowest BCUT2D eigenvalue weighted by Crippen LogP contribution is -2.35. The predicted molar refractivity (Wildman–Crippen MR) is 115 cm³/mol. The van der Waals surface area contributed by atoms with E-state index in [9.17, 15) is 18.0 Å². The number of hydrogen-bond donors (Lipinski definition) is 2. The molecule has 0 heterocycles. The number of anilines is 2. The average molecular weight is 458 g/mol. The summed E-state index contributed by atoms with van der Waals surface area (Å²) >= 11 is 11.8. The Morgan fingerprint density at radius 1 is 1.00 bits per heavy atom. The lowest BCUT2D eigenvalue weighted by molar-refractivity contribution is -0.117. The van der Waals surface area contributed by atoms with Gasteiger partial charge in [0.2, 0.25) is 21.8 Å². The Morgan fingerprint density at radius 2 is 1.59 bits per heavy atom. The second-order valence-corrected chi connectivity index (χ2v) is 9.08. The minimum absolute atomic E-state index is 0.00522. The van der Waals surface area contributed by atoms with Gasteiger partial charge in [0.15, 0.2) is 0 Å². The van der Waals surface area contributed by atoms with Gasteiger partial charge in [0, 0.05) is 18.5 Å². The quantitative estimate of drug-likeness (QED) is 0.625. The van der Waals surface area contributed by atoms with Crippen molar-refractivity contribution in [1.29, 1.82) is 0 Å². The number of nitrogens with zero attached hydrogens (tertiary/aromatic N) is 1. The second-order valence-electron chi connectivity index (χ2n) is 6.23. The molecular weight excluding hydrogens is 437 g/mol. The Bertz CT molecular complexity index is 1010. The van der Waals surface area contributed by atoms with Crippen LogP contribution in [0.15, 0.2) is 47.4 Å². The maximum atomic E-state index is 12.7. The van der Waals surface area contributed by atoms with Crippen molar-refractivity contribution in [1.82, 2.24) is 4.31 Å². The molecule has 0 fully saturated rings. The van der Waals surface area contributed by atoms with E-state index >= 15 is 0 Å². The zero-order valence-electron chi connectivity index (χ0n) is 15.9. The Hall–Kier alpha value is -2.13. The molecule has 0 saturated carbocycles. The number of para-hydroxylation sites is 2. The maximum Gasteiger partial charge on any atom is 0.244 e. The molecule has 0 radical (unpaired) electrons. The molecule has 156 valence electrons. The topological polar surface area (TPSA) is 95.6 Å². The van der Waals surface area contributed by atoms with Crippen LogP contribution in [0.4, 0.5) is 11.4 Å². The van der Waals surface area contributed by atoms with Crippen molar-refractivity contribution in [2.24, 2.45) is 0 Å². The number of halogens is 2. The van der Waals surface area contributed by atoms with Crippen molar-refractivity contribution in [2.75, 3.05) is 24.2 Å². The minimum atomic E-state index is -4.03. The molecule has 0 bridgehead atoms. The molecular formula is C19H21Cl2N3O4S. The van der Waals surface area contributed by atoms with Crippen LogP contribution < -0.4 is 10.6 Å². The van der Waals surface area contributed by atoms with E-state index in [1.165, 1.54) is 25.2 Å². The van der Waals surface area contributed by atoms with Crippen molar-refractivity contribution in [3.63, 3.8) is 0 Å². The molecule has 2 N–H and O–H groups in total.